The number of azide groups is 1. The molecular formula is C21H34N6O3. The van der Waals surface area contributed by atoms with Gasteiger partial charge < -0.3 is 19.7 Å². The number of nitrogens with one attached hydrogen (secondary N) is 1. The smallest absolute Gasteiger partial charge is 0.407 e. The van der Waals surface area contributed by atoms with Crippen LogP contribution in [0.2, 0.25) is 0 Å². The van der Waals surface area contributed by atoms with Crippen molar-refractivity contribution in [1.82, 2.24) is 10.3 Å². The fourth-order valence-electron chi connectivity index (χ4n) is 3.30. The Balaban J connectivity index is 1.72. The summed E-state index contributed by atoms with van der Waals surface area (Å²) < 4.78 is 11.1. The van der Waals surface area contributed by atoms with Crippen molar-refractivity contribution in [1.29, 1.82) is 0 Å². The third kappa shape index (κ3) is 9.22. The molecule has 1 atom stereocenters. The molecule has 9 nitrogen and oxygen atoms in total. The number of alkyl carbamates (subject to hydrolysis) is 1. The quantitative estimate of drug-likeness (QED) is 0.253. The lowest BCUT2D eigenvalue weighted by atomic mass is 10.1. The van der Waals surface area contributed by atoms with Crippen LogP contribution in [0, 0.1) is 0 Å². The Hall–Kier alpha value is -2.67. The molecular weight excluding hydrogens is 384 g/mol. The number of hydrogen-bond acceptors (Lipinski definition) is 6. The molecule has 0 saturated carbocycles. The van der Waals surface area contributed by atoms with E-state index in [1.807, 2.05) is 32.9 Å². The molecule has 1 aromatic rings. The average Bonchev–Trinajstić information content (AvgIpc) is 2.69. The first-order chi connectivity index (χ1) is 14.4. The molecule has 0 aromatic carbocycles. The Labute approximate surface area is 178 Å². The number of hydrogen-bond donors (Lipinski definition) is 1. The molecule has 0 spiro atoms. The molecule has 1 saturated heterocycles. The first-order valence-electron chi connectivity index (χ1n) is 10.7. The van der Waals surface area contributed by atoms with Crippen molar-refractivity contribution in [2.45, 2.75) is 70.9 Å². The zero-order chi connectivity index (χ0) is 21.8. The lowest BCUT2D eigenvalue weighted by molar-refractivity contribution is 0.0500. The number of aromatic nitrogens is 1. The number of rotatable bonds is 10. The second-order valence-electron chi connectivity index (χ2n) is 8.50. The molecule has 9 heteroatoms. The monoisotopic (exact) mass is 418 g/mol. The number of nitrogens with zero attached hydrogens (tertiary/aromatic N) is 5. The first kappa shape index (κ1) is 23.6. The van der Waals surface area contributed by atoms with Crippen LogP contribution in [0.5, 0.6) is 5.75 Å². The summed E-state index contributed by atoms with van der Waals surface area (Å²) in [5, 5.41) is 6.49. The van der Waals surface area contributed by atoms with Crippen LogP contribution < -0.4 is 15.0 Å². The van der Waals surface area contributed by atoms with Crippen molar-refractivity contribution in [3.8, 4) is 5.75 Å². The molecule has 0 radical (unpaired) electrons. The number of carbonyl (C=O) groups is 1. The molecule has 1 aliphatic rings. The van der Waals surface area contributed by atoms with Gasteiger partial charge in [0, 0.05) is 30.6 Å². The van der Waals surface area contributed by atoms with Gasteiger partial charge in [0.15, 0.2) is 0 Å². The van der Waals surface area contributed by atoms with Crippen molar-refractivity contribution in [3.63, 3.8) is 0 Å². The number of pyridine rings is 1. The average molecular weight is 419 g/mol. The second-order valence-corrected chi connectivity index (χ2v) is 8.50. The van der Waals surface area contributed by atoms with Gasteiger partial charge in [0.1, 0.15) is 17.2 Å². The Morgan fingerprint density at radius 1 is 1.33 bits per heavy atom. The van der Waals surface area contributed by atoms with Crippen molar-refractivity contribution < 1.29 is 14.3 Å². The summed E-state index contributed by atoms with van der Waals surface area (Å²) >= 11 is 0. The van der Waals surface area contributed by atoms with Gasteiger partial charge in [-0.15, -0.1) is 0 Å². The van der Waals surface area contributed by atoms with E-state index in [1.54, 1.807) is 6.20 Å². The van der Waals surface area contributed by atoms with Crippen molar-refractivity contribution in [2.75, 3.05) is 31.1 Å². The molecule has 30 heavy (non-hydrogen) atoms. The fourth-order valence-corrected chi connectivity index (χ4v) is 3.30. The predicted molar refractivity (Wildman–Crippen MR) is 117 cm³/mol. The summed E-state index contributed by atoms with van der Waals surface area (Å²) in [6, 6.07) is 3.95. The lowest BCUT2D eigenvalue weighted by Crippen LogP contribution is -2.49. The molecule has 1 fully saturated rings. The summed E-state index contributed by atoms with van der Waals surface area (Å²) in [6.07, 6.45) is 7.26. The van der Waals surface area contributed by atoms with Gasteiger partial charge in [0.2, 0.25) is 0 Å². The van der Waals surface area contributed by atoms with Gasteiger partial charge >= 0.3 is 6.09 Å². The van der Waals surface area contributed by atoms with E-state index in [9.17, 15) is 4.79 Å². The maximum atomic E-state index is 12.0. The Kier molecular flexibility index (Phi) is 9.54. The zero-order valence-corrected chi connectivity index (χ0v) is 18.3. The summed E-state index contributed by atoms with van der Waals surface area (Å²) in [6.45, 7) is 8.41. The maximum Gasteiger partial charge on any atom is 0.407 e. The number of carbonyl (C=O) groups excluding carboxylic acids is 1. The van der Waals surface area contributed by atoms with Crippen molar-refractivity contribution in [2.24, 2.45) is 5.11 Å². The maximum absolute atomic E-state index is 12.0. The minimum atomic E-state index is -0.498. The molecule has 1 aliphatic heterocycles. The normalized spacial score (nSPS) is 16.5. The highest BCUT2D eigenvalue weighted by Crippen LogP contribution is 2.21. The minimum absolute atomic E-state index is 0.0465. The van der Waals surface area contributed by atoms with Crippen LogP contribution in [-0.4, -0.2) is 49.0 Å². The highest BCUT2D eigenvalue weighted by molar-refractivity contribution is 5.68. The van der Waals surface area contributed by atoms with E-state index in [4.69, 9.17) is 15.0 Å². The van der Waals surface area contributed by atoms with Gasteiger partial charge in [-0.1, -0.05) is 18.0 Å². The molecule has 2 rings (SSSR count). The summed E-state index contributed by atoms with van der Waals surface area (Å²) in [5.74, 6) is 1.64. The van der Waals surface area contributed by atoms with E-state index in [-0.39, 0.29) is 12.1 Å². The molecule has 166 valence electrons. The van der Waals surface area contributed by atoms with Gasteiger partial charge in [-0.2, -0.15) is 0 Å². The molecule has 1 aromatic heterocycles. The van der Waals surface area contributed by atoms with Crippen LogP contribution in [0.4, 0.5) is 10.6 Å². The second kappa shape index (κ2) is 12.1. The number of ether oxygens (including phenoxy) is 2. The van der Waals surface area contributed by atoms with Crippen molar-refractivity contribution >= 4 is 11.9 Å². The predicted octanol–water partition coefficient (Wildman–Crippen LogP) is 4.82. The van der Waals surface area contributed by atoms with Crippen LogP contribution in [0.25, 0.3) is 10.4 Å². The van der Waals surface area contributed by atoms with E-state index >= 15 is 0 Å². The van der Waals surface area contributed by atoms with Gasteiger partial charge in [0.05, 0.1) is 12.8 Å². The Bertz CT molecular complexity index is 698. The van der Waals surface area contributed by atoms with Crippen LogP contribution in [0.3, 0.4) is 0 Å². The van der Waals surface area contributed by atoms with Gasteiger partial charge in [-0.3, -0.25) is 0 Å². The van der Waals surface area contributed by atoms with Crippen LogP contribution >= 0.6 is 0 Å². The molecule has 0 bridgehead atoms. The molecule has 1 N–H and O–H groups in total. The lowest BCUT2D eigenvalue weighted by Gasteiger charge is -2.34. The van der Waals surface area contributed by atoms with E-state index in [0.29, 0.717) is 19.7 Å². The van der Waals surface area contributed by atoms with Gasteiger partial charge in [-0.25, -0.2) is 9.78 Å². The van der Waals surface area contributed by atoms with Crippen LogP contribution in [0.1, 0.15) is 59.3 Å². The van der Waals surface area contributed by atoms with Gasteiger partial charge in [-0.05, 0) is 64.1 Å². The molecule has 1 amide bonds. The SMILES string of the molecule is CC(C)(C)OC(=O)NC1CCCN(c2ccc(OCCCCCCN=[N+]=[N-])cn2)C1. The molecule has 1 unspecified atom stereocenters. The number of piperidine rings is 1. The summed E-state index contributed by atoms with van der Waals surface area (Å²) in [4.78, 5) is 21.5. The van der Waals surface area contributed by atoms with Crippen LogP contribution in [0.15, 0.2) is 23.4 Å². The third-order valence-electron chi connectivity index (χ3n) is 4.67. The zero-order valence-electron chi connectivity index (χ0n) is 18.3. The standard InChI is InChI=1S/C21H34N6O3/c1-21(2,3)30-20(28)25-17-9-8-13-27(16-17)19-11-10-18(15-23-19)29-14-7-5-4-6-12-24-26-22/h10-11,15,17H,4-9,12-14,16H2,1-3H3,(H,25,28). The van der Waals surface area contributed by atoms with Crippen molar-refractivity contribution in [3.05, 3.63) is 28.8 Å². The van der Waals surface area contributed by atoms with Crippen LogP contribution in [-0.2, 0) is 4.74 Å². The van der Waals surface area contributed by atoms with E-state index in [0.717, 1.165) is 56.6 Å². The first-order valence-corrected chi connectivity index (χ1v) is 10.7. The topological polar surface area (TPSA) is 112 Å². The molecule has 0 aliphatic carbocycles. The largest absolute Gasteiger partial charge is 0.492 e. The summed E-state index contributed by atoms with van der Waals surface area (Å²) in [7, 11) is 0. The Morgan fingerprint density at radius 2 is 2.13 bits per heavy atom. The Morgan fingerprint density at radius 3 is 2.83 bits per heavy atom. The fraction of sp³-hybridized carbons (Fsp3) is 0.714. The summed E-state index contributed by atoms with van der Waals surface area (Å²) in [5.41, 5.74) is 7.73. The van der Waals surface area contributed by atoms with E-state index in [2.05, 4.69) is 25.2 Å². The number of amides is 1. The minimum Gasteiger partial charge on any atom is -0.492 e. The molecule has 2 heterocycles. The number of anilines is 1. The third-order valence-corrected chi connectivity index (χ3v) is 4.67. The van der Waals surface area contributed by atoms with Gasteiger partial charge in [0.25, 0.3) is 0 Å². The highest BCUT2D eigenvalue weighted by Gasteiger charge is 2.24. The van der Waals surface area contributed by atoms with E-state index < -0.39 is 5.60 Å². The highest BCUT2D eigenvalue weighted by atomic mass is 16.6. The van der Waals surface area contributed by atoms with E-state index in [1.165, 1.54) is 0 Å². The number of unbranched alkanes of at least 4 members (excludes halogenated alkanes) is 3.